The van der Waals surface area contributed by atoms with Crippen molar-refractivity contribution in [3.63, 3.8) is 0 Å². The number of non-ortho nitro benzene ring substituents is 1. The number of nitrogens with zero attached hydrogens (tertiary/aromatic N) is 8. The molecule has 0 aliphatic carbocycles. The number of aromatic nitrogens is 5. The number of imidazole rings is 2. The molecular formula is C36H53N8O7PSi. The van der Waals surface area contributed by atoms with Crippen LogP contribution in [-0.2, 0) is 24.6 Å². The molecule has 1 fully saturated rings. The second-order valence-electron chi connectivity index (χ2n) is 15.3. The molecule has 15 nitrogen and oxygen atoms in total. The molecule has 0 spiro atoms. The van der Waals surface area contributed by atoms with E-state index in [2.05, 4.69) is 89.2 Å². The SMILES string of the molecule is CC[C@H]1O[C@@H](n2cnc3c(OCCc4ccc([N+](=O)[O-])cc4)nc4nccn4c32)[C@H](OP(OCCC#N)N(C(C)C)C(C)C)[C@@H]1O[Si](C)(C)C(C)(C)C. The molecule has 4 aromatic rings. The number of nitriles is 1. The fourth-order valence-electron chi connectivity index (χ4n) is 6.20. The van der Waals surface area contributed by atoms with Gasteiger partial charge in [0.05, 0.1) is 43.1 Å². The summed E-state index contributed by atoms with van der Waals surface area (Å²) in [4.78, 5) is 24.7. The van der Waals surface area contributed by atoms with Gasteiger partial charge < -0.3 is 22.9 Å². The van der Waals surface area contributed by atoms with Crippen LogP contribution in [0.15, 0.2) is 43.0 Å². The Morgan fingerprint density at radius 1 is 1.11 bits per heavy atom. The van der Waals surface area contributed by atoms with Crippen LogP contribution >= 0.6 is 8.53 Å². The van der Waals surface area contributed by atoms with E-state index in [0.29, 0.717) is 35.7 Å². The maximum absolute atomic E-state index is 11.1. The molecule has 17 heteroatoms. The predicted molar refractivity (Wildman–Crippen MR) is 205 cm³/mol. The first-order chi connectivity index (χ1) is 25.1. The molecule has 1 aromatic carbocycles. The fourth-order valence-corrected chi connectivity index (χ4v) is 9.26. The van der Waals surface area contributed by atoms with Crippen molar-refractivity contribution >= 4 is 39.5 Å². The molecule has 0 bridgehead atoms. The molecule has 1 aliphatic rings. The van der Waals surface area contributed by atoms with Crippen LogP contribution in [0.3, 0.4) is 0 Å². The van der Waals surface area contributed by atoms with Crippen LogP contribution in [0, 0.1) is 21.4 Å². The maximum Gasteiger partial charge on any atom is 0.269 e. The zero-order valence-electron chi connectivity index (χ0n) is 32.4. The molecule has 4 heterocycles. The number of nitro benzene ring substituents is 1. The van der Waals surface area contributed by atoms with Gasteiger partial charge in [-0.05, 0) is 57.8 Å². The minimum absolute atomic E-state index is 0.0365. The number of hydrogen-bond acceptors (Lipinski definition) is 12. The Hall–Kier alpha value is -3.55. The standard InChI is InChI=1S/C36H53N8O7PSi/c1-11-28-30(51-53(9,10)36(6,7)8)31(50-52(48-21-12-18-37)43(24(2)3)25(4)5)34(49-28)42-23-39-29-32(40-35-38-19-20-41(35)33(29)42)47-22-17-26-13-15-27(16-14-26)44(45)46/h13-16,19-20,23-25,28,30-31,34H,11-12,17,21-22H2,1-10H3/t28-,30-,31-,34-,52?/m1/s1. The number of fused-ring (bicyclic) bond motifs is 3. The van der Waals surface area contributed by atoms with Crippen LogP contribution in [0.4, 0.5) is 5.69 Å². The minimum Gasteiger partial charge on any atom is -0.476 e. The highest BCUT2D eigenvalue weighted by Gasteiger charge is 2.53. The highest BCUT2D eigenvalue weighted by molar-refractivity contribution is 7.44. The quantitative estimate of drug-likeness (QED) is 0.0335. The first-order valence-corrected chi connectivity index (χ1v) is 22.3. The van der Waals surface area contributed by atoms with Crippen molar-refractivity contribution in [1.82, 2.24) is 28.6 Å². The van der Waals surface area contributed by atoms with Crippen molar-refractivity contribution in [2.24, 2.45) is 0 Å². The van der Waals surface area contributed by atoms with Crippen molar-refractivity contribution in [3.8, 4) is 11.9 Å². The first-order valence-electron chi connectivity index (χ1n) is 18.2. The summed E-state index contributed by atoms with van der Waals surface area (Å²) >= 11 is 0. The summed E-state index contributed by atoms with van der Waals surface area (Å²) in [5, 5.41) is 20.4. The molecule has 0 saturated carbocycles. The summed E-state index contributed by atoms with van der Waals surface area (Å²) in [6, 6.07) is 8.80. The van der Waals surface area contributed by atoms with E-state index in [1.54, 1.807) is 24.7 Å². The number of benzene rings is 1. The summed E-state index contributed by atoms with van der Waals surface area (Å²) < 4.78 is 40.0. The summed E-state index contributed by atoms with van der Waals surface area (Å²) in [7, 11) is -3.99. The molecule has 3 aromatic heterocycles. The summed E-state index contributed by atoms with van der Waals surface area (Å²) in [6.45, 7) is 22.2. The average Bonchev–Trinajstić information content (AvgIpc) is 3.81. The lowest BCUT2D eigenvalue weighted by molar-refractivity contribution is -0.384. The van der Waals surface area contributed by atoms with Gasteiger partial charge in [0.25, 0.3) is 14.2 Å². The second kappa shape index (κ2) is 16.9. The van der Waals surface area contributed by atoms with E-state index in [9.17, 15) is 15.4 Å². The Morgan fingerprint density at radius 2 is 1.81 bits per heavy atom. The van der Waals surface area contributed by atoms with Gasteiger partial charge in [0.15, 0.2) is 25.7 Å². The van der Waals surface area contributed by atoms with Crippen LogP contribution in [0.25, 0.3) is 16.9 Å². The number of ether oxygens (including phenoxy) is 2. The molecule has 0 N–H and O–H groups in total. The fraction of sp³-hybridized carbons (Fsp3) is 0.611. The molecule has 5 rings (SSSR count). The largest absolute Gasteiger partial charge is 0.476 e. The Balaban J connectivity index is 1.57. The van der Waals surface area contributed by atoms with Gasteiger partial charge in [0, 0.05) is 43.0 Å². The molecule has 0 radical (unpaired) electrons. The third-order valence-electron chi connectivity index (χ3n) is 9.87. The molecule has 53 heavy (non-hydrogen) atoms. The molecule has 1 unspecified atom stereocenters. The Bertz CT molecular complexity index is 1880. The van der Waals surface area contributed by atoms with Crippen LogP contribution in [0.1, 0.15) is 80.0 Å². The zero-order valence-corrected chi connectivity index (χ0v) is 34.3. The van der Waals surface area contributed by atoms with Crippen LogP contribution < -0.4 is 4.74 Å². The van der Waals surface area contributed by atoms with Crippen LogP contribution in [-0.4, -0.2) is 85.4 Å². The topological polar surface area (TPSA) is 164 Å². The smallest absolute Gasteiger partial charge is 0.269 e. The summed E-state index contributed by atoms with van der Waals surface area (Å²) in [5.74, 6) is 0.734. The Kier molecular flexibility index (Phi) is 12.9. The lowest BCUT2D eigenvalue weighted by Gasteiger charge is -2.42. The molecular weight excluding hydrogens is 716 g/mol. The predicted octanol–water partition coefficient (Wildman–Crippen LogP) is 7.97. The lowest BCUT2D eigenvalue weighted by Crippen LogP contribution is -2.49. The van der Waals surface area contributed by atoms with E-state index in [1.807, 2.05) is 15.2 Å². The molecule has 1 aliphatic heterocycles. The van der Waals surface area contributed by atoms with Crippen molar-refractivity contribution in [1.29, 1.82) is 5.26 Å². The second-order valence-corrected chi connectivity index (χ2v) is 21.5. The summed E-state index contributed by atoms with van der Waals surface area (Å²) in [6.07, 6.45) is 4.65. The third kappa shape index (κ3) is 8.89. The van der Waals surface area contributed by atoms with Gasteiger partial charge >= 0.3 is 0 Å². The maximum atomic E-state index is 11.1. The highest BCUT2D eigenvalue weighted by atomic mass is 31.2. The molecule has 5 atom stereocenters. The molecule has 0 amide bonds. The van der Waals surface area contributed by atoms with E-state index in [4.69, 9.17) is 27.9 Å². The monoisotopic (exact) mass is 768 g/mol. The Morgan fingerprint density at radius 3 is 2.42 bits per heavy atom. The van der Waals surface area contributed by atoms with Gasteiger partial charge in [-0.1, -0.05) is 39.8 Å². The van der Waals surface area contributed by atoms with Gasteiger partial charge in [-0.25, -0.2) is 14.6 Å². The summed E-state index contributed by atoms with van der Waals surface area (Å²) in [5.41, 5.74) is 2.11. The van der Waals surface area contributed by atoms with Crippen molar-refractivity contribution < 1.29 is 27.9 Å². The van der Waals surface area contributed by atoms with Crippen LogP contribution in [0.2, 0.25) is 18.1 Å². The van der Waals surface area contributed by atoms with E-state index in [1.165, 1.54) is 12.1 Å². The average molecular weight is 769 g/mol. The highest BCUT2D eigenvalue weighted by Crippen LogP contribution is 2.52. The minimum atomic E-state index is -2.34. The number of nitro groups is 1. The van der Waals surface area contributed by atoms with Gasteiger partial charge in [0.2, 0.25) is 11.7 Å². The van der Waals surface area contributed by atoms with Gasteiger partial charge in [-0.2, -0.15) is 10.2 Å². The van der Waals surface area contributed by atoms with E-state index < -0.39 is 40.2 Å². The Labute approximate surface area is 313 Å². The third-order valence-corrected chi connectivity index (χ3v) is 16.5. The van der Waals surface area contributed by atoms with E-state index in [0.717, 1.165) is 5.56 Å². The van der Waals surface area contributed by atoms with Crippen molar-refractivity contribution in [2.45, 2.75) is 129 Å². The zero-order chi connectivity index (χ0) is 38.7. The van der Waals surface area contributed by atoms with Gasteiger partial charge in [0.1, 0.15) is 12.2 Å². The van der Waals surface area contributed by atoms with Gasteiger partial charge in [-0.3, -0.25) is 19.1 Å². The molecule has 1 saturated heterocycles. The number of rotatable bonds is 17. The van der Waals surface area contributed by atoms with E-state index in [-0.39, 0.29) is 48.5 Å². The van der Waals surface area contributed by atoms with Crippen LogP contribution in [0.5, 0.6) is 5.88 Å². The lowest BCUT2D eigenvalue weighted by atomic mass is 10.1. The first kappa shape index (κ1) is 40.6. The van der Waals surface area contributed by atoms with Crippen molar-refractivity contribution in [2.75, 3.05) is 13.2 Å². The van der Waals surface area contributed by atoms with Crippen molar-refractivity contribution in [3.05, 3.63) is 58.7 Å². The molecule has 288 valence electrons. The number of hydrogen-bond donors (Lipinski definition) is 0. The van der Waals surface area contributed by atoms with E-state index >= 15 is 0 Å². The van der Waals surface area contributed by atoms with Gasteiger partial charge in [-0.15, -0.1) is 0 Å². The normalized spacial score (nSPS) is 20.2.